The molecule has 0 N–H and O–H groups in total. The minimum atomic E-state index is -2.27. The number of hydrogen-bond acceptors (Lipinski definition) is 2. The molecule has 0 fully saturated rings. The van der Waals surface area contributed by atoms with Gasteiger partial charge in [0.05, 0.1) is 0 Å². The normalized spacial score (nSPS) is 11.5. The molecule has 0 amide bonds. The standard InChI is InChI=1S/C8H13F2N3/c1-6(2)8-11-5-12-13(8)4-3-7(9)10/h5-7H,3-4H2,1-2H3. The summed E-state index contributed by atoms with van der Waals surface area (Å²) in [7, 11) is 0. The van der Waals surface area contributed by atoms with E-state index < -0.39 is 6.43 Å². The van der Waals surface area contributed by atoms with E-state index >= 15 is 0 Å². The highest BCUT2D eigenvalue weighted by molar-refractivity contribution is 4.90. The van der Waals surface area contributed by atoms with E-state index in [1.807, 2.05) is 13.8 Å². The fraction of sp³-hybridized carbons (Fsp3) is 0.750. The van der Waals surface area contributed by atoms with E-state index in [0.29, 0.717) is 0 Å². The van der Waals surface area contributed by atoms with Gasteiger partial charge in [-0.25, -0.2) is 18.4 Å². The van der Waals surface area contributed by atoms with Gasteiger partial charge in [-0.1, -0.05) is 13.8 Å². The summed E-state index contributed by atoms with van der Waals surface area (Å²) in [6.07, 6.45) is -1.03. The SMILES string of the molecule is CC(C)c1ncnn1CCC(F)F. The lowest BCUT2D eigenvalue weighted by Gasteiger charge is -2.07. The Labute approximate surface area is 75.8 Å². The molecule has 5 heteroatoms. The molecule has 1 rings (SSSR count). The zero-order chi connectivity index (χ0) is 9.84. The van der Waals surface area contributed by atoms with Crippen molar-refractivity contribution in [2.75, 3.05) is 0 Å². The summed E-state index contributed by atoms with van der Waals surface area (Å²) < 4.78 is 25.3. The van der Waals surface area contributed by atoms with Crippen LogP contribution < -0.4 is 0 Å². The molecule has 0 aromatic carbocycles. The van der Waals surface area contributed by atoms with Gasteiger partial charge in [-0.2, -0.15) is 5.10 Å². The first kappa shape index (κ1) is 10.1. The molecule has 1 aromatic rings. The Balaban J connectivity index is 2.60. The van der Waals surface area contributed by atoms with Crippen LogP contribution in [0, 0.1) is 0 Å². The van der Waals surface area contributed by atoms with E-state index in [9.17, 15) is 8.78 Å². The second kappa shape index (κ2) is 4.30. The van der Waals surface area contributed by atoms with Crippen molar-refractivity contribution >= 4 is 0 Å². The predicted octanol–water partition coefficient (Wildman–Crippen LogP) is 2.06. The number of halogens is 2. The van der Waals surface area contributed by atoms with Gasteiger partial charge in [-0.15, -0.1) is 0 Å². The van der Waals surface area contributed by atoms with Crippen molar-refractivity contribution in [3.8, 4) is 0 Å². The van der Waals surface area contributed by atoms with E-state index in [-0.39, 0.29) is 18.9 Å². The quantitative estimate of drug-likeness (QED) is 0.725. The van der Waals surface area contributed by atoms with Gasteiger partial charge in [-0.05, 0) is 0 Å². The zero-order valence-corrected chi connectivity index (χ0v) is 7.74. The molecule has 1 heterocycles. The van der Waals surface area contributed by atoms with E-state index in [2.05, 4.69) is 10.1 Å². The number of rotatable bonds is 4. The molecule has 0 saturated carbocycles. The van der Waals surface area contributed by atoms with Crippen molar-refractivity contribution in [1.29, 1.82) is 0 Å². The topological polar surface area (TPSA) is 30.7 Å². The maximum absolute atomic E-state index is 11.9. The summed E-state index contributed by atoms with van der Waals surface area (Å²) in [5.74, 6) is 0.987. The Bertz CT molecular complexity index is 258. The molecule has 3 nitrogen and oxygen atoms in total. The average Bonchev–Trinajstić information content (AvgIpc) is 2.47. The highest BCUT2D eigenvalue weighted by Gasteiger charge is 2.10. The first-order valence-electron chi connectivity index (χ1n) is 4.27. The van der Waals surface area contributed by atoms with Crippen LogP contribution >= 0.6 is 0 Å². The van der Waals surface area contributed by atoms with Crippen LogP contribution in [0.15, 0.2) is 6.33 Å². The van der Waals surface area contributed by atoms with Crippen LogP contribution in [0.4, 0.5) is 8.78 Å². The molecule has 0 aliphatic heterocycles. The maximum atomic E-state index is 11.9. The van der Waals surface area contributed by atoms with Gasteiger partial charge in [0.2, 0.25) is 6.43 Å². The first-order chi connectivity index (χ1) is 6.11. The van der Waals surface area contributed by atoms with Gasteiger partial charge < -0.3 is 0 Å². The fourth-order valence-corrected chi connectivity index (χ4v) is 1.11. The van der Waals surface area contributed by atoms with Gasteiger partial charge in [0.1, 0.15) is 12.2 Å². The van der Waals surface area contributed by atoms with Crippen LogP contribution in [-0.2, 0) is 6.54 Å². The predicted molar refractivity (Wildman–Crippen MR) is 44.7 cm³/mol. The van der Waals surface area contributed by atoms with Crippen LogP contribution in [-0.4, -0.2) is 21.2 Å². The van der Waals surface area contributed by atoms with Gasteiger partial charge in [0.25, 0.3) is 0 Å². The molecule has 0 spiro atoms. The number of hydrogen-bond donors (Lipinski definition) is 0. The molecule has 0 aliphatic carbocycles. The Morgan fingerprint density at radius 3 is 2.69 bits per heavy atom. The molecule has 0 atom stereocenters. The number of aromatic nitrogens is 3. The van der Waals surface area contributed by atoms with Crippen molar-refractivity contribution in [2.45, 2.75) is 39.2 Å². The van der Waals surface area contributed by atoms with Crippen molar-refractivity contribution in [1.82, 2.24) is 14.8 Å². The lowest BCUT2D eigenvalue weighted by atomic mass is 10.2. The van der Waals surface area contributed by atoms with Crippen molar-refractivity contribution in [3.63, 3.8) is 0 Å². The number of nitrogens with zero attached hydrogens (tertiary/aromatic N) is 3. The maximum Gasteiger partial charge on any atom is 0.240 e. The first-order valence-corrected chi connectivity index (χ1v) is 4.27. The zero-order valence-electron chi connectivity index (χ0n) is 7.74. The average molecular weight is 189 g/mol. The smallest absolute Gasteiger partial charge is 0.240 e. The molecule has 0 radical (unpaired) electrons. The van der Waals surface area contributed by atoms with E-state index in [1.165, 1.54) is 11.0 Å². The number of alkyl halides is 2. The van der Waals surface area contributed by atoms with Crippen molar-refractivity contribution < 1.29 is 8.78 Å². The van der Waals surface area contributed by atoms with Gasteiger partial charge in [0, 0.05) is 18.9 Å². The number of aryl methyl sites for hydroxylation is 1. The Hall–Kier alpha value is -1.00. The Morgan fingerprint density at radius 1 is 1.46 bits per heavy atom. The Morgan fingerprint density at radius 2 is 2.15 bits per heavy atom. The molecule has 1 aromatic heterocycles. The lowest BCUT2D eigenvalue weighted by molar-refractivity contribution is 0.129. The van der Waals surface area contributed by atoms with Crippen LogP contribution in [0.5, 0.6) is 0 Å². The highest BCUT2D eigenvalue weighted by atomic mass is 19.3. The molecular formula is C8H13F2N3. The van der Waals surface area contributed by atoms with E-state index in [1.54, 1.807) is 0 Å². The van der Waals surface area contributed by atoms with Crippen molar-refractivity contribution in [3.05, 3.63) is 12.2 Å². The summed E-state index contributed by atoms with van der Waals surface area (Å²) in [4.78, 5) is 4.00. The second-order valence-electron chi connectivity index (χ2n) is 3.18. The van der Waals surface area contributed by atoms with Gasteiger partial charge >= 0.3 is 0 Å². The fourth-order valence-electron chi connectivity index (χ4n) is 1.11. The minimum absolute atomic E-state index is 0.164. The van der Waals surface area contributed by atoms with E-state index in [0.717, 1.165) is 5.82 Å². The third kappa shape index (κ3) is 2.75. The molecule has 0 aliphatic rings. The summed E-state index contributed by atoms with van der Waals surface area (Å²) in [6, 6.07) is 0. The van der Waals surface area contributed by atoms with E-state index in [4.69, 9.17) is 0 Å². The van der Waals surface area contributed by atoms with Gasteiger partial charge in [-0.3, -0.25) is 0 Å². The molecule has 13 heavy (non-hydrogen) atoms. The summed E-state index contributed by atoms with van der Waals surface area (Å²) >= 11 is 0. The summed E-state index contributed by atoms with van der Waals surface area (Å²) in [5, 5.41) is 3.88. The molecule has 0 bridgehead atoms. The van der Waals surface area contributed by atoms with Crippen LogP contribution in [0.3, 0.4) is 0 Å². The monoisotopic (exact) mass is 189 g/mol. The van der Waals surface area contributed by atoms with Gasteiger partial charge in [0.15, 0.2) is 0 Å². The summed E-state index contributed by atoms with van der Waals surface area (Å²) in [5.41, 5.74) is 0. The minimum Gasteiger partial charge on any atom is -0.250 e. The Kier molecular flexibility index (Phi) is 3.33. The van der Waals surface area contributed by atoms with Crippen molar-refractivity contribution in [2.24, 2.45) is 0 Å². The van der Waals surface area contributed by atoms with Crippen LogP contribution in [0.2, 0.25) is 0 Å². The molecular weight excluding hydrogens is 176 g/mol. The van der Waals surface area contributed by atoms with Crippen LogP contribution in [0.1, 0.15) is 32.0 Å². The largest absolute Gasteiger partial charge is 0.250 e. The third-order valence-corrected chi connectivity index (χ3v) is 1.72. The third-order valence-electron chi connectivity index (χ3n) is 1.72. The lowest BCUT2D eigenvalue weighted by Crippen LogP contribution is -2.09. The second-order valence-corrected chi connectivity index (χ2v) is 3.18. The molecule has 0 saturated heterocycles. The summed E-state index contributed by atoms with van der Waals surface area (Å²) in [6.45, 7) is 4.16. The molecule has 0 unspecified atom stereocenters. The highest BCUT2D eigenvalue weighted by Crippen LogP contribution is 2.11. The van der Waals surface area contributed by atoms with Crippen LogP contribution in [0.25, 0.3) is 0 Å². The molecule has 74 valence electrons.